The summed E-state index contributed by atoms with van der Waals surface area (Å²) in [7, 11) is 0. The molecular weight excluding hydrogens is 289 g/mol. The Morgan fingerprint density at radius 3 is 2.10 bits per heavy atom. The van der Waals surface area contributed by atoms with Gasteiger partial charge in [0.1, 0.15) is 5.75 Å². The van der Waals surface area contributed by atoms with Crippen LogP contribution in [-0.2, 0) is 11.2 Å². The maximum absolute atomic E-state index is 12.3. The number of alkyl halides is 3. The third kappa shape index (κ3) is 6.05. The summed E-state index contributed by atoms with van der Waals surface area (Å²) in [6.07, 6.45) is 1.88. The number of halogens is 3. The zero-order valence-corrected chi connectivity index (χ0v) is 12.6. The molecule has 0 radical (unpaired) electrons. The largest absolute Gasteiger partial charge is 0.604 e. The van der Waals surface area contributed by atoms with Crippen molar-refractivity contribution >= 4 is 11.2 Å². The number of ether oxygens (including phenoxy) is 1. The fraction of sp³-hybridized carbons (Fsp3) is 0.571. The smallest absolute Gasteiger partial charge is 0.578 e. The predicted octanol–water partition coefficient (Wildman–Crippen LogP) is 4.52. The zero-order valence-electron chi connectivity index (χ0n) is 11.8. The van der Waals surface area contributed by atoms with Gasteiger partial charge < -0.3 is 9.29 Å². The second kappa shape index (κ2) is 6.72. The zero-order chi connectivity index (χ0) is 15.4. The van der Waals surface area contributed by atoms with Crippen molar-refractivity contribution in [3.05, 3.63) is 24.3 Å². The Labute approximate surface area is 120 Å². The molecule has 1 aromatic carbocycles. The predicted molar refractivity (Wildman–Crippen MR) is 73.1 cm³/mol. The second-order valence-corrected chi connectivity index (χ2v) is 7.17. The molecule has 0 heterocycles. The van der Waals surface area contributed by atoms with Crippen LogP contribution in [0.25, 0.3) is 0 Å². The third-order valence-corrected chi connectivity index (χ3v) is 3.71. The minimum absolute atomic E-state index is 0.233. The standard InChI is InChI=1S/C14H19F3O2S/c1-13(2,3)9-4-10-19-11-5-7-12(8-6-11)20(18)14(15,16)17/h5-8H,4,9-10H2,1-3H3. The summed E-state index contributed by atoms with van der Waals surface area (Å²) in [4.78, 5) is -0.264. The van der Waals surface area contributed by atoms with E-state index in [-0.39, 0.29) is 10.3 Å². The molecule has 0 fully saturated rings. The molecule has 6 heteroatoms. The van der Waals surface area contributed by atoms with Gasteiger partial charge in [-0.05, 0) is 42.5 Å². The van der Waals surface area contributed by atoms with Gasteiger partial charge in [0.15, 0.2) is 4.90 Å². The molecule has 0 aliphatic carbocycles. The summed E-state index contributed by atoms with van der Waals surface area (Å²) in [6, 6.07) is 5.19. The van der Waals surface area contributed by atoms with E-state index in [0.717, 1.165) is 12.8 Å². The highest BCUT2D eigenvalue weighted by Gasteiger charge is 2.45. The lowest BCUT2D eigenvalue weighted by Crippen LogP contribution is -2.23. The Bertz CT molecular complexity index is 410. The van der Waals surface area contributed by atoms with Gasteiger partial charge >= 0.3 is 5.51 Å². The molecule has 0 N–H and O–H groups in total. The van der Waals surface area contributed by atoms with Crippen LogP contribution in [0.2, 0.25) is 0 Å². The topological polar surface area (TPSA) is 32.3 Å². The van der Waals surface area contributed by atoms with Gasteiger partial charge in [-0.25, -0.2) is 0 Å². The molecule has 1 rings (SSSR count). The summed E-state index contributed by atoms with van der Waals surface area (Å²) < 4.78 is 53.3. The SMILES string of the molecule is CC(C)(C)CCCOc1ccc([S+]([O-])C(F)(F)F)cc1. The molecule has 1 atom stereocenters. The van der Waals surface area contributed by atoms with Crippen molar-refractivity contribution in [2.45, 2.75) is 44.0 Å². The monoisotopic (exact) mass is 308 g/mol. The van der Waals surface area contributed by atoms with Gasteiger partial charge in [0.25, 0.3) is 0 Å². The molecule has 0 aliphatic heterocycles. The quantitative estimate of drug-likeness (QED) is 0.592. The van der Waals surface area contributed by atoms with Gasteiger partial charge in [-0.2, -0.15) is 0 Å². The first-order chi connectivity index (χ1) is 9.09. The van der Waals surface area contributed by atoms with E-state index in [9.17, 15) is 17.7 Å². The van der Waals surface area contributed by atoms with E-state index >= 15 is 0 Å². The molecular formula is C14H19F3O2S. The summed E-state index contributed by atoms with van der Waals surface area (Å²) in [6.45, 7) is 6.91. The van der Waals surface area contributed by atoms with E-state index in [2.05, 4.69) is 20.8 Å². The molecule has 0 bridgehead atoms. The van der Waals surface area contributed by atoms with Crippen molar-refractivity contribution in [1.82, 2.24) is 0 Å². The van der Waals surface area contributed by atoms with Crippen molar-refractivity contribution in [2.75, 3.05) is 6.61 Å². The second-order valence-electron chi connectivity index (χ2n) is 5.70. The van der Waals surface area contributed by atoms with Gasteiger partial charge in [-0.15, -0.1) is 13.2 Å². The molecule has 114 valence electrons. The van der Waals surface area contributed by atoms with Crippen molar-refractivity contribution in [3.8, 4) is 5.75 Å². The molecule has 0 aliphatic rings. The summed E-state index contributed by atoms with van der Waals surface area (Å²) in [5, 5.41) is 0. The van der Waals surface area contributed by atoms with E-state index in [1.807, 2.05) is 0 Å². The molecule has 0 aromatic heterocycles. The molecule has 20 heavy (non-hydrogen) atoms. The third-order valence-electron chi connectivity index (χ3n) is 2.59. The van der Waals surface area contributed by atoms with E-state index in [1.165, 1.54) is 24.3 Å². The minimum Gasteiger partial charge on any atom is -0.604 e. The van der Waals surface area contributed by atoms with Crippen molar-refractivity contribution in [3.63, 3.8) is 0 Å². The normalized spacial score (nSPS) is 14.2. The van der Waals surface area contributed by atoms with Crippen LogP contribution in [0.4, 0.5) is 13.2 Å². The van der Waals surface area contributed by atoms with E-state index in [0.29, 0.717) is 12.4 Å². The van der Waals surface area contributed by atoms with Gasteiger partial charge in [0.2, 0.25) is 0 Å². The maximum Gasteiger partial charge on any atom is 0.578 e. The van der Waals surface area contributed by atoms with E-state index in [4.69, 9.17) is 4.74 Å². The number of hydrogen-bond donors (Lipinski definition) is 0. The average molecular weight is 308 g/mol. The molecule has 0 saturated carbocycles. The molecule has 2 nitrogen and oxygen atoms in total. The van der Waals surface area contributed by atoms with Crippen LogP contribution < -0.4 is 4.74 Å². The Balaban J connectivity index is 2.47. The summed E-state index contributed by atoms with van der Waals surface area (Å²) in [5.74, 6) is 0.488. The fourth-order valence-electron chi connectivity index (χ4n) is 1.59. The first kappa shape index (κ1) is 17.2. The van der Waals surface area contributed by atoms with Gasteiger partial charge in [-0.1, -0.05) is 20.8 Å². The Morgan fingerprint density at radius 1 is 1.10 bits per heavy atom. The van der Waals surface area contributed by atoms with Crippen molar-refractivity contribution in [1.29, 1.82) is 0 Å². The average Bonchev–Trinajstić information content (AvgIpc) is 2.32. The fourth-order valence-corrected chi connectivity index (χ4v) is 2.24. The molecule has 0 amide bonds. The molecule has 1 aromatic rings. The van der Waals surface area contributed by atoms with Gasteiger partial charge in [0, 0.05) is 0 Å². The van der Waals surface area contributed by atoms with Crippen molar-refractivity contribution in [2.24, 2.45) is 5.41 Å². The van der Waals surface area contributed by atoms with Gasteiger partial charge in [-0.3, -0.25) is 0 Å². The molecule has 0 saturated heterocycles. The van der Waals surface area contributed by atoms with E-state index in [1.54, 1.807) is 0 Å². The Hall–Kier alpha value is -0.880. The number of rotatable bonds is 5. The molecule has 1 unspecified atom stereocenters. The highest BCUT2D eigenvalue weighted by atomic mass is 32.2. The van der Waals surface area contributed by atoms with Crippen LogP contribution in [0.3, 0.4) is 0 Å². The Kier molecular flexibility index (Phi) is 5.77. The van der Waals surface area contributed by atoms with Crippen LogP contribution in [0.5, 0.6) is 5.75 Å². The van der Waals surface area contributed by atoms with Crippen molar-refractivity contribution < 1.29 is 22.5 Å². The number of benzene rings is 1. The summed E-state index contributed by atoms with van der Waals surface area (Å²) in [5.41, 5.74) is -4.49. The number of hydrogen-bond acceptors (Lipinski definition) is 2. The van der Waals surface area contributed by atoms with Gasteiger partial charge in [0.05, 0.1) is 17.8 Å². The summed E-state index contributed by atoms with van der Waals surface area (Å²) >= 11 is -2.98. The first-order valence-corrected chi connectivity index (χ1v) is 7.46. The first-order valence-electron chi connectivity index (χ1n) is 6.31. The minimum atomic E-state index is -4.73. The lowest BCUT2D eigenvalue weighted by atomic mass is 9.91. The molecule has 0 spiro atoms. The van der Waals surface area contributed by atoms with Crippen LogP contribution in [0, 0.1) is 5.41 Å². The Morgan fingerprint density at radius 2 is 1.65 bits per heavy atom. The van der Waals surface area contributed by atoms with Crippen LogP contribution >= 0.6 is 0 Å². The highest BCUT2D eigenvalue weighted by Crippen LogP contribution is 2.31. The van der Waals surface area contributed by atoms with Crippen LogP contribution in [0.1, 0.15) is 33.6 Å². The van der Waals surface area contributed by atoms with E-state index < -0.39 is 16.7 Å². The lowest BCUT2D eigenvalue weighted by molar-refractivity contribution is -0.0435. The highest BCUT2D eigenvalue weighted by molar-refractivity contribution is 7.92. The van der Waals surface area contributed by atoms with Crippen LogP contribution in [-0.4, -0.2) is 16.7 Å². The maximum atomic E-state index is 12.3. The lowest BCUT2D eigenvalue weighted by Gasteiger charge is -2.17. The van der Waals surface area contributed by atoms with Crippen LogP contribution in [0.15, 0.2) is 29.2 Å².